The summed E-state index contributed by atoms with van der Waals surface area (Å²) in [5.41, 5.74) is 2.20. The highest BCUT2D eigenvalue weighted by Crippen LogP contribution is 2.26. The molecular formula is C17H21N3O2S. The third kappa shape index (κ3) is 4.09. The zero-order valence-electron chi connectivity index (χ0n) is 13.2. The van der Waals surface area contributed by atoms with Gasteiger partial charge in [-0.1, -0.05) is 30.3 Å². The van der Waals surface area contributed by atoms with Crippen LogP contribution in [0.4, 0.5) is 4.79 Å². The van der Waals surface area contributed by atoms with Crippen LogP contribution in [0.25, 0.3) is 0 Å². The van der Waals surface area contributed by atoms with E-state index >= 15 is 0 Å². The van der Waals surface area contributed by atoms with Crippen LogP contribution < -0.4 is 5.32 Å². The predicted octanol–water partition coefficient (Wildman–Crippen LogP) is 2.99. The summed E-state index contributed by atoms with van der Waals surface area (Å²) in [6.07, 6.45) is 1.02. The van der Waals surface area contributed by atoms with E-state index in [0.29, 0.717) is 19.1 Å². The van der Waals surface area contributed by atoms with Gasteiger partial charge in [-0.3, -0.25) is 0 Å². The molecule has 1 aliphatic rings. The van der Waals surface area contributed by atoms with Crippen LogP contribution in [0, 0.1) is 0 Å². The summed E-state index contributed by atoms with van der Waals surface area (Å²) >= 11 is 1.55. The van der Waals surface area contributed by atoms with Gasteiger partial charge in [0.05, 0.1) is 18.8 Å². The molecule has 0 radical (unpaired) electrons. The Morgan fingerprint density at radius 3 is 3.04 bits per heavy atom. The maximum absolute atomic E-state index is 12.3. The lowest BCUT2D eigenvalue weighted by Crippen LogP contribution is -2.38. The molecule has 0 bridgehead atoms. The van der Waals surface area contributed by atoms with Gasteiger partial charge in [0, 0.05) is 31.5 Å². The van der Waals surface area contributed by atoms with Crippen molar-refractivity contribution in [1.82, 2.24) is 15.2 Å². The van der Waals surface area contributed by atoms with Crippen molar-refractivity contribution in [1.29, 1.82) is 0 Å². The molecule has 2 aromatic rings. The number of urea groups is 1. The molecule has 1 aromatic heterocycles. The third-order valence-electron chi connectivity index (χ3n) is 4.03. The molecule has 0 saturated carbocycles. The highest BCUT2D eigenvalue weighted by atomic mass is 32.1. The number of nitrogens with zero attached hydrogens (tertiary/aromatic N) is 2. The molecule has 1 unspecified atom stereocenters. The van der Waals surface area contributed by atoms with Crippen molar-refractivity contribution in [2.45, 2.75) is 25.5 Å². The first-order chi connectivity index (χ1) is 11.3. The second-order valence-corrected chi connectivity index (χ2v) is 6.61. The maximum Gasteiger partial charge on any atom is 0.317 e. The van der Waals surface area contributed by atoms with Gasteiger partial charge in [-0.15, -0.1) is 11.3 Å². The van der Waals surface area contributed by atoms with Crippen LogP contribution in [0.2, 0.25) is 0 Å². The second kappa shape index (κ2) is 7.57. The van der Waals surface area contributed by atoms with E-state index in [0.717, 1.165) is 30.2 Å². The number of likely N-dealkylation sites (tertiary alicyclic amines) is 1. The first-order valence-electron chi connectivity index (χ1n) is 7.76. The number of amides is 2. The topological polar surface area (TPSA) is 54.5 Å². The van der Waals surface area contributed by atoms with E-state index < -0.39 is 0 Å². The number of ether oxygens (including phenoxy) is 1. The zero-order valence-corrected chi connectivity index (χ0v) is 14.0. The number of carbonyl (C=O) groups is 1. The Labute approximate surface area is 140 Å². The number of rotatable bonds is 5. The van der Waals surface area contributed by atoms with Crippen molar-refractivity contribution in [3.05, 3.63) is 52.0 Å². The molecule has 1 saturated heterocycles. The molecule has 1 aromatic carbocycles. The van der Waals surface area contributed by atoms with Crippen LogP contribution in [0.15, 0.2) is 35.7 Å². The third-order valence-corrected chi connectivity index (χ3v) is 4.91. The van der Waals surface area contributed by atoms with E-state index in [1.54, 1.807) is 18.4 Å². The Bertz CT molecular complexity index is 644. The standard InChI is InChI=1S/C17H21N3O2S/c1-22-11-16-19-15(12-23-16)9-18-17(21)20-8-7-14(10-20)13-5-3-2-4-6-13/h2-6,12,14H,7-11H2,1H3,(H,18,21). The minimum absolute atomic E-state index is 0.00952. The molecule has 0 spiro atoms. The van der Waals surface area contributed by atoms with E-state index in [9.17, 15) is 4.79 Å². The van der Waals surface area contributed by atoms with Crippen LogP contribution >= 0.6 is 11.3 Å². The fourth-order valence-electron chi connectivity index (χ4n) is 2.84. The first kappa shape index (κ1) is 16.0. The molecule has 2 heterocycles. The quantitative estimate of drug-likeness (QED) is 0.916. The van der Waals surface area contributed by atoms with Gasteiger partial charge in [-0.05, 0) is 12.0 Å². The summed E-state index contributed by atoms with van der Waals surface area (Å²) in [7, 11) is 1.65. The minimum Gasteiger partial charge on any atom is -0.378 e. The SMILES string of the molecule is COCc1nc(CNC(=O)N2CCC(c3ccccc3)C2)cs1. The zero-order chi connectivity index (χ0) is 16.1. The van der Waals surface area contributed by atoms with Gasteiger partial charge in [0.2, 0.25) is 0 Å². The number of carbonyl (C=O) groups excluding carboxylic acids is 1. The van der Waals surface area contributed by atoms with E-state index in [1.807, 2.05) is 16.3 Å². The van der Waals surface area contributed by atoms with Crippen molar-refractivity contribution < 1.29 is 9.53 Å². The molecule has 0 aliphatic carbocycles. The van der Waals surface area contributed by atoms with E-state index in [4.69, 9.17) is 4.74 Å². The van der Waals surface area contributed by atoms with Crippen molar-refractivity contribution >= 4 is 17.4 Å². The molecule has 3 rings (SSSR count). The Morgan fingerprint density at radius 2 is 2.26 bits per heavy atom. The molecule has 122 valence electrons. The first-order valence-corrected chi connectivity index (χ1v) is 8.64. The van der Waals surface area contributed by atoms with Crippen LogP contribution in [-0.2, 0) is 17.9 Å². The molecule has 2 amide bonds. The Morgan fingerprint density at radius 1 is 1.43 bits per heavy atom. The van der Waals surface area contributed by atoms with Crippen molar-refractivity contribution in [2.75, 3.05) is 20.2 Å². The van der Waals surface area contributed by atoms with Gasteiger partial charge in [0.1, 0.15) is 5.01 Å². The molecular weight excluding hydrogens is 310 g/mol. The Balaban J connectivity index is 1.49. The highest BCUT2D eigenvalue weighted by molar-refractivity contribution is 7.09. The number of methoxy groups -OCH3 is 1. The lowest BCUT2D eigenvalue weighted by atomic mass is 9.99. The number of benzene rings is 1. The summed E-state index contributed by atoms with van der Waals surface area (Å²) in [5, 5.41) is 5.85. The summed E-state index contributed by atoms with van der Waals surface area (Å²) in [6.45, 7) is 2.56. The molecule has 5 nitrogen and oxygen atoms in total. The molecule has 1 N–H and O–H groups in total. The van der Waals surface area contributed by atoms with Gasteiger partial charge < -0.3 is 15.0 Å². The number of nitrogens with one attached hydrogen (secondary N) is 1. The Kier molecular flexibility index (Phi) is 5.25. The van der Waals surface area contributed by atoms with Crippen LogP contribution in [0.5, 0.6) is 0 Å². The second-order valence-electron chi connectivity index (χ2n) is 5.67. The molecule has 1 atom stereocenters. The summed E-state index contributed by atoms with van der Waals surface area (Å²) in [5.74, 6) is 0.439. The fraction of sp³-hybridized carbons (Fsp3) is 0.412. The monoisotopic (exact) mass is 331 g/mol. The summed E-state index contributed by atoms with van der Waals surface area (Å²) in [4.78, 5) is 18.6. The summed E-state index contributed by atoms with van der Waals surface area (Å²) in [6, 6.07) is 10.4. The predicted molar refractivity (Wildman–Crippen MR) is 90.4 cm³/mol. The van der Waals surface area contributed by atoms with Gasteiger partial charge in [-0.2, -0.15) is 0 Å². The number of thiazole rings is 1. The smallest absolute Gasteiger partial charge is 0.317 e. The van der Waals surface area contributed by atoms with E-state index in [1.165, 1.54) is 5.56 Å². The van der Waals surface area contributed by atoms with Crippen LogP contribution in [-0.4, -0.2) is 36.1 Å². The molecule has 23 heavy (non-hydrogen) atoms. The number of hydrogen-bond acceptors (Lipinski definition) is 4. The lowest BCUT2D eigenvalue weighted by molar-refractivity contribution is 0.184. The van der Waals surface area contributed by atoms with Crippen molar-refractivity contribution in [3.8, 4) is 0 Å². The number of hydrogen-bond donors (Lipinski definition) is 1. The molecule has 1 fully saturated rings. The van der Waals surface area contributed by atoms with Crippen LogP contribution in [0.1, 0.15) is 28.6 Å². The van der Waals surface area contributed by atoms with Crippen molar-refractivity contribution in [2.24, 2.45) is 0 Å². The lowest BCUT2D eigenvalue weighted by Gasteiger charge is -2.17. The largest absolute Gasteiger partial charge is 0.378 e. The Hall–Kier alpha value is -1.92. The molecule has 6 heteroatoms. The maximum atomic E-state index is 12.3. The van der Waals surface area contributed by atoms with Gasteiger partial charge in [0.15, 0.2) is 0 Å². The average Bonchev–Trinajstić information content (AvgIpc) is 3.23. The van der Waals surface area contributed by atoms with Gasteiger partial charge in [-0.25, -0.2) is 9.78 Å². The average molecular weight is 331 g/mol. The van der Waals surface area contributed by atoms with Gasteiger partial charge >= 0.3 is 6.03 Å². The minimum atomic E-state index is -0.00952. The van der Waals surface area contributed by atoms with E-state index in [2.05, 4.69) is 34.6 Å². The molecule has 1 aliphatic heterocycles. The highest BCUT2D eigenvalue weighted by Gasteiger charge is 2.27. The summed E-state index contributed by atoms with van der Waals surface area (Å²) < 4.78 is 5.05. The van der Waals surface area contributed by atoms with E-state index in [-0.39, 0.29) is 6.03 Å². The fourth-order valence-corrected chi connectivity index (χ4v) is 3.60. The van der Waals surface area contributed by atoms with Gasteiger partial charge in [0.25, 0.3) is 0 Å². The van der Waals surface area contributed by atoms with Crippen molar-refractivity contribution in [3.63, 3.8) is 0 Å². The normalized spacial score (nSPS) is 17.4. The number of aromatic nitrogens is 1. The van der Waals surface area contributed by atoms with Crippen LogP contribution in [0.3, 0.4) is 0 Å².